The zero-order valence-electron chi connectivity index (χ0n) is 19.5. The number of methoxy groups -OCH3 is 1. The zero-order chi connectivity index (χ0) is 25.3. The molecule has 0 saturated carbocycles. The molecule has 182 valence electrons. The number of tetrazole rings is 1. The SMILES string of the molecule is C=CCOc1ccc(C(=O)NNC(=O)c2ccc(Cn3nnc(-c4ccccc4)n3)cc2)cc1OC. The van der Waals surface area contributed by atoms with Gasteiger partial charge in [-0.05, 0) is 41.1 Å². The summed E-state index contributed by atoms with van der Waals surface area (Å²) in [4.78, 5) is 26.4. The molecule has 0 saturated heterocycles. The van der Waals surface area contributed by atoms with E-state index in [-0.39, 0.29) is 0 Å². The van der Waals surface area contributed by atoms with Crippen LogP contribution in [0.5, 0.6) is 11.5 Å². The van der Waals surface area contributed by atoms with Crippen LogP contribution in [0.4, 0.5) is 0 Å². The summed E-state index contributed by atoms with van der Waals surface area (Å²) in [7, 11) is 1.48. The predicted molar refractivity (Wildman–Crippen MR) is 132 cm³/mol. The average Bonchev–Trinajstić information content (AvgIpc) is 3.39. The summed E-state index contributed by atoms with van der Waals surface area (Å²) in [6.07, 6.45) is 1.61. The van der Waals surface area contributed by atoms with Crippen LogP contribution in [0.25, 0.3) is 11.4 Å². The van der Waals surface area contributed by atoms with Gasteiger partial charge in [0.2, 0.25) is 5.82 Å². The third-order valence-corrected chi connectivity index (χ3v) is 5.10. The topological polar surface area (TPSA) is 120 Å². The highest BCUT2D eigenvalue weighted by atomic mass is 16.5. The van der Waals surface area contributed by atoms with Crippen molar-refractivity contribution in [3.8, 4) is 22.9 Å². The first-order valence-electron chi connectivity index (χ1n) is 11.0. The molecule has 10 heteroatoms. The number of ether oxygens (including phenoxy) is 2. The first-order valence-corrected chi connectivity index (χ1v) is 11.0. The Labute approximate surface area is 207 Å². The molecule has 2 amide bonds. The Kier molecular flexibility index (Phi) is 7.66. The van der Waals surface area contributed by atoms with Gasteiger partial charge in [0.15, 0.2) is 11.5 Å². The summed E-state index contributed by atoms with van der Waals surface area (Å²) in [5, 5.41) is 12.6. The summed E-state index contributed by atoms with van der Waals surface area (Å²) in [5.41, 5.74) is 7.25. The van der Waals surface area contributed by atoms with Gasteiger partial charge in [0.1, 0.15) is 6.61 Å². The van der Waals surface area contributed by atoms with Crippen molar-refractivity contribution in [2.45, 2.75) is 6.54 Å². The van der Waals surface area contributed by atoms with Crippen molar-refractivity contribution in [2.24, 2.45) is 0 Å². The summed E-state index contributed by atoms with van der Waals surface area (Å²) in [6, 6.07) is 21.2. The quantitative estimate of drug-likeness (QED) is 0.277. The van der Waals surface area contributed by atoms with E-state index >= 15 is 0 Å². The second kappa shape index (κ2) is 11.4. The lowest BCUT2D eigenvalue weighted by Gasteiger charge is -2.12. The van der Waals surface area contributed by atoms with Gasteiger partial charge < -0.3 is 9.47 Å². The second-order valence-electron chi connectivity index (χ2n) is 7.58. The number of hydrogen-bond acceptors (Lipinski definition) is 7. The number of hydrazine groups is 1. The molecule has 0 unspecified atom stereocenters. The lowest BCUT2D eigenvalue weighted by atomic mass is 10.1. The normalized spacial score (nSPS) is 10.4. The number of amides is 2. The molecule has 3 aromatic carbocycles. The smallest absolute Gasteiger partial charge is 0.269 e. The van der Waals surface area contributed by atoms with Crippen LogP contribution in [0.3, 0.4) is 0 Å². The van der Waals surface area contributed by atoms with Crippen LogP contribution in [0, 0.1) is 0 Å². The Morgan fingerprint density at radius 1 is 0.944 bits per heavy atom. The van der Waals surface area contributed by atoms with Crippen molar-refractivity contribution in [1.29, 1.82) is 0 Å². The molecule has 0 fully saturated rings. The van der Waals surface area contributed by atoms with Crippen LogP contribution in [0.15, 0.2) is 85.5 Å². The fraction of sp³-hybridized carbons (Fsp3) is 0.115. The van der Waals surface area contributed by atoms with E-state index in [1.807, 2.05) is 30.3 Å². The van der Waals surface area contributed by atoms with Gasteiger partial charge in [-0.25, -0.2) is 0 Å². The van der Waals surface area contributed by atoms with Crippen molar-refractivity contribution in [3.63, 3.8) is 0 Å². The molecule has 1 heterocycles. The van der Waals surface area contributed by atoms with Crippen LogP contribution in [-0.2, 0) is 6.54 Å². The van der Waals surface area contributed by atoms with Crippen LogP contribution >= 0.6 is 0 Å². The molecular formula is C26H24N6O4. The summed E-state index contributed by atoms with van der Waals surface area (Å²) >= 11 is 0. The maximum atomic E-state index is 12.5. The van der Waals surface area contributed by atoms with Crippen molar-refractivity contribution in [1.82, 2.24) is 31.1 Å². The Bertz CT molecular complexity index is 1350. The molecule has 2 N–H and O–H groups in total. The van der Waals surface area contributed by atoms with Crippen molar-refractivity contribution in [2.75, 3.05) is 13.7 Å². The van der Waals surface area contributed by atoms with Crippen LogP contribution < -0.4 is 20.3 Å². The van der Waals surface area contributed by atoms with E-state index in [1.54, 1.807) is 42.5 Å². The lowest BCUT2D eigenvalue weighted by Crippen LogP contribution is -2.41. The minimum absolute atomic E-state index is 0.295. The molecule has 4 rings (SSSR count). The van der Waals surface area contributed by atoms with Crippen LogP contribution in [0.2, 0.25) is 0 Å². The average molecular weight is 485 g/mol. The van der Waals surface area contributed by atoms with E-state index in [0.717, 1.165) is 11.1 Å². The summed E-state index contributed by atoms with van der Waals surface area (Å²) < 4.78 is 10.7. The number of nitrogens with one attached hydrogen (secondary N) is 2. The van der Waals surface area contributed by atoms with E-state index in [1.165, 1.54) is 18.0 Å². The van der Waals surface area contributed by atoms with E-state index in [9.17, 15) is 9.59 Å². The van der Waals surface area contributed by atoms with Crippen molar-refractivity contribution >= 4 is 11.8 Å². The van der Waals surface area contributed by atoms with Gasteiger partial charge in [0.25, 0.3) is 11.8 Å². The van der Waals surface area contributed by atoms with E-state index < -0.39 is 11.8 Å². The third kappa shape index (κ3) is 5.92. The van der Waals surface area contributed by atoms with E-state index in [2.05, 4.69) is 32.8 Å². The standard InChI is InChI=1S/C26H24N6O4/c1-3-15-36-22-14-13-21(16-23(22)35-2)26(34)29-28-25(33)20-11-9-18(10-12-20)17-32-30-24(27-31-32)19-7-5-4-6-8-19/h3-14,16H,1,15,17H2,2H3,(H,28,33)(H,29,34). The number of carbonyl (C=O) groups excluding carboxylic acids is 2. The number of nitrogens with zero attached hydrogens (tertiary/aromatic N) is 4. The molecule has 0 radical (unpaired) electrons. The Balaban J connectivity index is 1.32. The number of rotatable bonds is 9. The van der Waals surface area contributed by atoms with Gasteiger partial charge in [0, 0.05) is 16.7 Å². The number of aromatic nitrogens is 4. The second-order valence-corrected chi connectivity index (χ2v) is 7.58. The van der Waals surface area contributed by atoms with Gasteiger partial charge in [-0.2, -0.15) is 4.80 Å². The minimum Gasteiger partial charge on any atom is -0.493 e. The predicted octanol–water partition coefficient (Wildman–Crippen LogP) is 3.04. The first-order chi connectivity index (χ1) is 17.6. The molecule has 1 aromatic heterocycles. The highest BCUT2D eigenvalue weighted by Gasteiger charge is 2.13. The van der Waals surface area contributed by atoms with E-state index in [4.69, 9.17) is 9.47 Å². The molecule has 0 aliphatic rings. The Morgan fingerprint density at radius 3 is 2.33 bits per heavy atom. The van der Waals surface area contributed by atoms with Crippen LogP contribution in [0.1, 0.15) is 26.3 Å². The number of benzene rings is 3. The number of hydrogen-bond donors (Lipinski definition) is 2. The Hall–Kier alpha value is -4.99. The molecule has 0 aliphatic heterocycles. The molecule has 0 aliphatic carbocycles. The molecular weight excluding hydrogens is 460 g/mol. The third-order valence-electron chi connectivity index (χ3n) is 5.10. The molecule has 4 aromatic rings. The molecule has 0 spiro atoms. The summed E-state index contributed by atoms with van der Waals surface area (Å²) in [5.74, 6) is 0.455. The van der Waals surface area contributed by atoms with E-state index in [0.29, 0.717) is 41.6 Å². The zero-order valence-corrected chi connectivity index (χ0v) is 19.5. The number of carbonyl (C=O) groups is 2. The molecule has 0 bridgehead atoms. The monoisotopic (exact) mass is 484 g/mol. The first kappa shape index (κ1) is 24.1. The molecule has 36 heavy (non-hydrogen) atoms. The fourth-order valence-electron chi connectivity index (χ4n) is 3.27. The highest BCUT2D eigenvalue weighted by Crippen LogP contribution is 2.28. The van der Waals surface area contributed by atoms with Gasteiger partial charge in [-0.3, -0.25) is 20.4 Å². The fourth-order valence-corrected chi connectivity index (χ4v) is 3.27. The maximum absolute atomic E-state index is 12.5. The largest absolute Gasteiger partial charge is 0.493 e. The lowest BCUT2D eigenvalue weighted by molar-refractivity contribution is 0.0846. The Morgan fingerprint density at radius 2 is 1.64 bits per heavy atom. The van der Waals surface area contributed by atoms with Gasteiger partial charge in [-0.15, -0.1) is 10.2 Å². The molecule has 0 atom stereocenters. The summed E-state index contributed by atoms with van der Waals surface area (Å²) in [6.45, 7) is 4.30. The van der Waals surface area contributed by atoms with Crippen LogP contribution in [-0.4, -0.2) is 45.7 Å². The van der Waals surface area contributed by atoms with Gasteiger partial charge in [-0.1, -0.05) is 55.1 Å². The van der Waals surface area contributed by atoms with Crippen molar-refractivity contribution in [3.05, 3.63) is 102 Å². The van der Waals surface area contributed by atoms with Crippen molar-refractivity contribution < 1.29 is 19.1 Å². The minimum atomic E-state index is -0.500. The maximum Gasteiger partial charge on any atom is 0.269 e. The van der Waals surface area contributed by atoms with Gasteiger partial charge in [0.05, 0.1) is 13.7 Å². The van der Waals surface area contributed by atoms with Gasteiger partial charge >= 0.3 is 0 Å². The molecule has 10 nitrogen and oxygen atoms in total. The highest BCUT2D eigenvalue weighted by molar-refractivity contribution is 5.99.